The van der Waals surface area contributed by atoms with E-state index in [1.54, 1.807) is 13.0 Å². The number of primary amides is 1. The number of likely N-dealkylation sites (N-methyl/N-ethyl adjacent to an activating group) is 1. The summed E-state index contributed by atoms with van der Waals surface area (Å²) >= 11 is 0. The van der Waals surface area contributed by atoms with Gasteiger partial charge < -0.3 is 31.5 Å². The van der Waals surface area contributed by atoms with Crippen LogP contribution in [0.2, 0.25) is 0 Å². The number of fused-ring (bicyclic) bond motifs is 3. The molecule has 4 aliphatic rings. The van der Waals surface area contributed by atoms with Gasteiger partial charge in [-0.15, -0.1) is 0 Å². The molecule has 5 atom stereocenters. The van der Waals surface area contributed by atoms with Gasteiger partial charge in [0.2, 0.25) is 5.78 Å². The lowest BCUT2D eigenvalue weighted by atomic mass is 9.57. The fourth-order valence-electron chi connectivity index (χ4n) is 6.71. The summed E-state index contributed by atoms with van der Waals surface area (Å²) in [7, 11) is 2.02. The zero-order chi connectivity index (χ0) is 26.1. The predicted molar refractivity (Wildman–Crippen MR) is 129 cm³/mol. The van der Waals surface area contributed by atoms with Gasteiger partial charge in [0, 0.05) is 17.5 Å². The van der Waals surface area contributed by atoms with Crippen LogP contribution in [0.15, 0.2) is 29.0 Å². The minimum absolute atomic E-state index is 0.0783. The lowest BCUT2D eigenvalue weighted by Gasteiger charge is -2.49. The average Bonchev–Trinajstić information content (AvgIpc) is 3.24. The maximum absolute atomic E-state index is 13.8. The number of amides is 1. The SMILES string of the molecule is CCN[C@@H]1C(=O)C(C(N)=O)=C(O)[C@@]2(O)C(=O)C3=C(O)c4c(O)cc(C5CCCN5C)cc4C[C@H]3C[C@@H]12. The molecule has 0 radical (unpaired) electrons. The lowest BCUT2D eigenvalue weighted by molar-refractivity contribution is -0.150. The number of aliphatic hydroxyl groups excluding tert-OH is 2. The maximum Gasteiger partial charge on any atom is 0.255 e. The largest absolute Gasteiger partial charge is 0.508 e. The van der Waals surface area contributed by atoms with Crippen molar-refractivity contribution in [3.63, 3.8) is 0 Å². The fourth-order valence-corrected chi connectivity index (χ4v) is 6.71. The number of Topliss-reactive ketones (excluding diaryl/α,β-unsaturated/α-hetero) is 2. The number of carbonyl (C=O) groups excluding carboxylic acids is 3. The first-order valence-corrected chi connectivity index (χ1v) is 12.3. The number of phenolic OH excluding ortho intramolecular Hbond substituents is 1. The van der Waals surface area contributed by atoms with Crippen LogP contribution in [0.25, 0.3) is 5.76 Å². The molecule has 1 heterocycles. The second-order valence-electron chi connectivity index (χ2n) is 10.3. The highest BCUT2D eigenvalue weighted by Gasteiger charge is 2.63. The second-order valence-corrected chi connectivity index (χ2v) is 10.3. The van der Waals surface area contributed by atoms with Gasteiger partial charge in [0.25, 0.3) is 5.91 Å². The van der Waals surface area contributed by atoms with Gasteiger partial charge in [-0.3, -0.25) is 19.3 Å². The van der Waals surface area contributed by atoms with Crippen LogP contribution in [0.5, 0.6) is 5.75 Å². The van der Waals surface area contributed by atoms with E-state index in [0.29, 0.717) is 18.5 Å². The van der Waals surface area contributed by atoms with Crippen LogP contribution >= 0.6 is 0 Å². The summed E-state index contributed by atoms with van der Waals surface area (Å²) < 4.78 is 0. The Morgan fingerprint density at radius 2 is 1.97 bits per heavy atom. The van der Waals surface area contributed by atoms with Crippen molar-refractivity contribution in [1.29, 1.82) is 0 Å². The standard InChI is InChI=1S/C26H31N3O7/c1-3-28-20-14-9-13-8-12-7-11(15-5-4-6-29(15)2)10-16(30)17(12)21(31)18(13)23(33)26(14,36)24(34)19(22(20)32)25(27)35/h7,10,13-15,20,28,30-31,34,36H,3-6,8-9H2,1-2H3,(H2,27,35)/t13-,14-,15?,20-,26-/m0/s1. The number of aromatic hydroxyl groups is 1. The summed E-state index contributed by atoms with van der Waals surface area (Å²) in [6.07, 6.45) is 2.36. The molecule has 3 aliphatic carbocycles. The summed E-state index contributed by atoms with van der Waals surface area (Å²) in [6, 6.07) is 2.54. The quantitative estimate of drug-likeness (QED) is 0.329. The number of phenols is 1. The molecule has 1 aromatic carbocycles. The Balaban J connectivity index is 1.65. The molecule has 10 nitrogen and oxygen atoms in total. The number of rotatable bonds is 4. The predicted octanol–water partition coefficient (Wildman–Crippen LogP) is 0.779. The highest BCUT2D eigenvalue weighted by Crippen LogP contribution is 2.52. The molecule has 0 bridgehead atoms. The lowest BCUT2D eigenvalue weighted by Crippen LogP contribution is -2.66. The van der Waals surface area contributed by atoms with Crippen molar-refractivity contribution in [1.82, 2.24) is 10.2 Å². The Labute approximate surface area is 208 Å². The number of hydrogen-bond donors (Lipinski definition) is 6. The monoisotopic (exact) mass is 497 g/mol. The molecule has 1 saturated carbocycles. The Morgan fingerprint density at radius 3 is 2.58 bits per heavy atom. The first-order chi connectivity index (χ1) is 17.0. The molecule has 1 unspecified atom stereocenters. The molecule has 5 rings (SSSR count). The van der Waals surface area contributed by atoms with Gasteiger partial charge in [0.05, 0.1) is 11.6 Å². The highest BCUT2D eigenvalue weighted by atomic mass is 16.3. The van der Waals surface area contributed by atoms with Crippen LogP contribution in [-0.2, 0) is 20.8 Å². The Kier molecular flexibility index (Phi) is 5.73. The molecule has 36 heavy (non-hydrogen) atoms. The van der Waals surface area contributed by atoms with Crippen LogP contribution in [0.1, 0.15) is 48.9 Å². The van der Waals surface area contributed by atoms with Gasteiger partial charge in [-0.1, -0.05) is 13.0 Å². The summed E-state index contributed by atoms with van der Waals surface area (Å²) in [5, 5.41) is 47.4. The minimum Gasteiger partial charge on any atom is -0.508 e. The van der Waals surface area contributed by atoms with Crippen molar-refractivity contribution in [3.8, 4) is 5.75 Å². The number of carbonyl (C=O) groups is 3. The van der Waals surface area contributed by atoms with Gasteiger partial charge in [0.15, 0.2) is 11.4 Å². The van der Waals surface area contributed by atoms with E-state index in [2.05, 4.69) is 10.2 Å². The van der Waals surface area contributed by atoms with Crippen molar-refractivity contribution in [3.05, 3.63) is 45.7 Å². The van der Waals surface area contributed by atoms with Crippen LogP contribution in [0.4, 0.5) is 0 Å². The van der Waals surface area contributed by atoms with E-state index in [1.807, 2.05) is 13.1 Å². The van der Waals surface area contributed by atoms with E-state index < -0.39 is 58.0 Å². The molecule has 0 spiro atoms. The first kappa shape index (κ1) is 24.5. The molecular formula is C26H31N3O7. The third kappa shape index (κ3) is 3.24. The normalized spacial score (nSPS) is 32.4. The minimum atomic E-state index is -2.62. The molecule has 7 N–H and O–H groups in total. The number of nitrogens with zero attached hydrogens (tertiary/aromatic N) is 1. The van der Waals surface area contributed by atoms with Gasteiger partial charge >= 0.3 is 0 Å². The highest BCUT2D eigenvalue weighted by molar-refractivity contribution is 6.24. The van der Waals surface area contributed by atoms with Crippen molar-refractivity contribution in [2.45, 2.75) is 50.3 Å². The summed E-state index contributed by atoms with van der Waals surface area (Å²) in [4.78, 5) is 41.0. The number of hydrogen-bond acceptors (Lipinski definition) is 9. The Morgan fingerprint density at radius 1 is 1.25 bits per heavy atom. The molecule has 1 aromatic rings. The van der Waals surface area contributed by atoms with Crippen LogP contribution < -0.4 is 11.1 Å². The summed E-state index contributed by atoms with van der Waals surface area (Å²) in [6.45, 7) is 2.98. The second kappa shape index (κ2) is 8.43. The van der Waals surface area contributed by atoms with E-state index in [4.69, 9.17) is 5.73 Å². The van der Waals surface area contributed by atoms with Gasteiger partial charge in [0.1, 0.15) is 22.8 Å². The molecule has 10 heteroatoms. The van der Waals surface area contributed by atoms with E-state index in [9.17, 15) is 34.8 Å². The van der Waals surface area contributed by atoms with Gasteiger partial charge in [-0.2, -0.15) is 0 Å². The molecule has 1 saturated heterocycles. The Bertz CT molecular complexity index is 1250. The number of ketones is 2. The zero-order valence-corrected chi connectivity index (χ0v) is 20.2. The number of likely N-dealkylation sites (tertiary alicyclic amines) is 1. The maximum atomic E-state index is 13.8. The first-order valence-electron chi connectivity index (χ1n) is 12.3. The third-order valence-electron chi connectivity index (χ3n) is 8.36. The van der Waals surface area contributed by atoms with Crippen molar-refractivity contribution >= 4 is 23.2 Å². The number of aliphatic hydroxyl groups is 3. The van der Waals surface area contributed by atoms with Crippen LogP contribution in [-0.4, -0.2) is 74.6 Å². The van der Waals surface area contributed by atoms with Crippen LogP contribution in [0, 0.1) is 11.8 Å². The number of nitrogens with one attached hydrogen (secondary N) is 1. The Hall–Kier alpha value is -3.21. The topological polar surface area (TPSA) is 173 Å². The molecule has 1 amide bonds. The summed E-state index contributed by atoms with van der Waals surface area (Å²) in [5.41, 5.74) is 3.46. The zero-order valence-electron chi connectivity index (χ0n) is 20.2. The number of benzene rings is 1. The van der Waals surface area contributed by atoms with E-state index in [0.717, 1.165) is 24.9 Å². The van der Waals surface area contributed by atoms with Gasteiger partial charge in [-0.05, 0) is 68.9 Å². The third-order valence-corrected chi connectivity index (χ3v) is 8.36. The molecular weight excluding hydrogens is 466 g/mol. The van der Waals surface area contributed by atoms with E-state index >= 15 is 0 Å². The average molecular weight is 498 g/mol. The van der Waals surface area contributed by atoms with Gasteiger partial charge in [-0.25, -0.2) is 0 Å². The van der Waals surface area contributed by atoms with Crippen molar-refractivity contribution in [2.24, 2.45) is 17.6 Å². The van der Waals surface area contributed by atoms with E-state index in [-0.39, 0.29) is 29.3 Å². The molecule has 2 fully saturated rings. The smallest absolute Gasteiger partial charge is 0.255 e. The number of nitrogens with two attached hydrogens (primary N) is 1. The molecule has 0 aromatic heterocycles. The molecule has 192 valence electrons. The van der Waals surface area contributed by atoms with E-state index in [1.165, 1.54) is 0 Å². The van der Waals surface area contributed by atoms with Crippen molar-refractivity contribution in [2.75, 3.05) is 20.1 Å². The fraction of sp³-hybridized carbons (Fsp3) is 0.500. The summed E-state index contributed by atoms with van der Waals surface area (Å²) in [5.74, 6) is -6.40. The molecule has 1 aliphatic heterocycles. The van der Waals surface area contributed by atoms with Crippen molar-refractivity contribution < 1.29 is 34.8 Å². The van der Waals surface area contributed by atoms with Crippen LogP contribution in [0.3, 0.4) is 0 Å².